The molecule has 3 heterocycles. The number of hydrogen-bond acceptors (Lipinski definition) is 7. The van der Waals surface area contributed by atoms with Gasteiger partial charge in [-0.3, -0.25) is 0 Å². The first kappa shape index (κ1) is 11.7. The normalized spacial score (nSPS) is 10.5. The molecule has 0 N–H and O–H groups in total. The standard InChI is InChI=1S/C12H8N2O4S/c15-12(8-3-1-5-16-8)17-7-10-13-11(14-18-10)9-4-2-6-19-9/h1-6H,7H2. The van der Waals surface area contributed by atoms with Gasteiger partial charge in [0.1, 0.15) is 0 Å². The van der Waals surface area contributed by atoms with Gasteiger partial charge in [0.15, 0.2) is 6.61 Å². The molecule has 6 nitrogen and oxygen atoms in total. The molecule has 0 aromatic carbocycles. The molecule has 0 aliphatic carbocycles. The smallest absolute Gasteiger partial charge is 0.374 e. The van der Waals surface area contributed by atoms with Crippen LogP contribution >= 0.6 is 11.3 Å². The lowest BCUT2D eigenvalue weighted by Crippen LogP contribution is -2.04. The molecule has 0 aliphatic rings. The van der Waals surface area contributed by atoms with Gasteiger partial charge in [-0.15, -0.1) is 11.3 Å². The summed E-state index contributed by atoms with van der Waals surface area (Å²) in [5.74, 6) is 0.293. The van der Waals surface area contributed by atoms with E-state index in [1.807, 2.05) is 17.5 Å². The number of carbonyl (C=O) groups is 1. The van der Waals surface area contributed by atoms with Crippen LogP contribution in [0.3, 0.4) is 0 Å². The highest BCUT2D eigenvalue weighted by molar-refractivity contribution is 7.13. The van der Waals surface area contributed by atoms with Gasteiger partial charge >= 0.3 is 5.97 Å². The maximum atomic E-state index is 11.5. The van der Waals surface area contributed by atoms with E-state index in [9.17, 15) is 4.79 Å². The third-order valence-corrected chi connectivity index (χ3v) is 3.12. The van der Waals surface area contributed by atoms with E-state index in [2.05, 4.69) is 10.1 Å². The first-order valence-electron chi connectivity index (χ1n) is 5.40. The van der Waals surface area contributed by atoms with Crippen LogP contribution in [0.15, 0.2) is 44.8 Å². The monoisotopic (exact) mass is 276 g/mol. The molecule has 3 aromatic rings. The van der Waals surface area contributed by atoms with Crippen molar-refractivity contribution in [2.24, 2.45) is 0 Å². The number of esters is 1. The number of carbonyl (C=O) groups excluding carboxylic acids is 1. The van der Waals surface area contributed by atoms with Crippen LogP contribution in [0.1, 0.15) is 16.4 Å². The van der Waals surface area contributed by atoms with Crippen molar-refractivity contribution < 1.29 is 18.5 Å². The fourth-order valence-corrected chi connectivity index (χ4v) is 2.06. The second kappa shape index (κ2) is 5.07. The van der Waals surface area contributed by atoms with Crippen molar-refractivity contribution >= 4 is 17.3 Å². The Morgan fingerprint density at radius 1 is 1.37 bits per heavy atom. The Hall–Kier alpha value is -2.41. The van der Waals surface area contributed by atoms with E-state index in [0.29, 0.717) is 5.82 Å². The third-order valence-electron chi connectivity index (χ3n) is 2.26. The first-order chi connectivity index (χ1) is 9.33. The van der Waals surface area contributed by atoms with E-state index in [1.165, 1.54) is 23.7 Å². The Kier molecular flexibility index (Phi) is 3.11. The molecule has 0 atom stereocenters. The molecule has 96 valence electrons. The van der Waals surface area contributed by atoms with Crippen LogP contribution < -0.4 is 0 Å². The van der Waals surface area contributed by atoms with Crippen LogP contribution in [-0.4, -0.2) is 16.1 Å². The van der Waals surface area contributed by atoms with Crippen molar-refractivity contribution in [2.45, 2.75) is 6.61 Å². The van der Waals surface area contributed by atoms with Gasteiger partial charge in [-0.25, -0.2) is 4.79 Å². The number of aromatic nitrogens is 2. The fraction of sp³-hybridized carbons (Fsp3) is 0.0833. The Balaban J connectivity index is 1.63. The molecule has 19 heavy (non-hydrogen) atoms. The largest absolute Gasteiger partial charge is 0.457 e. The lowest BCUT2D eigenvalue weighted by molar-refractivity contribution is 0.0394. The van der Waals surface area contributed by atoms with Crippen LogP contribution in [0.25, 0.3) is 10.7 Å². The van der Waals surface area contributed by atoms with Gasteiger partial charge in [0.05, 0.1) is 11.1 Å². The van der Waals surface area contributed by atoms with Crippen molar-refractivity contribution in [3.05, 3.63) is 47.6 Å². The molecule has 0 spiro atoms. The zero-order valence-electron chi connectivity index (χ0n) is 9.61. The zero-order valence-corrected chi connectivity index (χ0v) is 10.4. The van der Waals surface area contributed by atoms with E-state index in [0.717, 1.165) is 4.88 Å². The summed E-state index contributed by atoms with van der Waals surface area (Å²) in [6.07, 6.45) is 1.40. The molecule has 0 fully saturated rings. The summed E-state index contributed by atoms with van der Waals surface area (Å²) in [5.41, 5.74) is 0. The third kappa shape index (κ3) is 2.55. The molecule has 0 unspecified atom stereocenters. The highest BCUT2D eigenvalue weighted by atomic mass is 32.1. The summed E-state index contributed by atoms with van der Waals surface area (Å²) in [4.78, 5) is 16.5. The van der Waals surface area contributed by atoms with Gasteiger partial charge in [-0.1, -0.05) is 11.2 Å². The molecule has 3 rings (SSSR count). The summed E-state index contributed by atoms with van der Waals surface area (Å²) in [6, 6.07) is 6.91. The average molecular weight is 276 g/mol. The van der Waals surface area contributed by atoms with Gasteiger partial charge < -0.3 is 13.7 Å². The quantitative estimate of drug-likeness (QED) is 0.682. The molecular formula is C12H8N2O4S. The zero-order chi connectivity index (χ0) is 13.1. The Bertz CT molecular complexity index is 658. The molecule has 0 bridgehead atoms. The van der Waals surface area contributed by atoms with Crippen molar-refractivity contribution in [3.8, 4) is 10.7 Å². The number of rotatable bonds is 4. The molecule has 3 aromatic heterocycles. The van der Waals surface area contributed by atoms with Gasteiger partial charge in [0.2, 0.25) is 11.6 Å². The molecular weight excluding hydrogens is 268 g/mol. The molecule has 0 amide bonds. The Morgan fingerprint density at radius 2 is 2.32 bits per heavy atom. The number of ether oxygens (including phenoxy) is 1. The minimum absolute atomic E-state index is 0.0854. The second-order valence-electron chi connectivity index (χ2n) is 3.54. The van der Waals surface area contributed by atoms with Crippen molar-refractivity contribution in [3.63, 3.8) is 0 Å². The SMILES string of the molecule is O=C(OCc1nc(-c2cccs2)no1)c1ccco1. The first-order valence-corrected chi connectivity index (χ1v) is 6.28. The van der Waals surface area contributed by atoms with E-state index >= 15 is 0 Å². The molecule has 7 heteroatoms. The van der Waals surface area contributed by atoms with Gasteiger partial charge in [0, 0.05) is 0 Å². The van der Waals surface area contributed by atoms with Gasteiger partial charge in [-0.05, 0) is 23.6 Å². The van der Waals surface area contributed by atoms with E-state index in [-0.39, 0.29) is 18.3 Å². The predicted molar refractivity (Wildman–Crippen MR) is 65.4 cm³/mol. The average Bonchev–Trinajstić information content (AvgIpc) is 3.14. The van der Waals surface area contributed by atoms with Crippen LogP contribution in [0.4, 0.5) is 0 Å². The van der Waals surface area contributed by atoms with Crippen LogP contribution in [0, 0.1) is 0 Å². The lowest BCUT2D eigenvalue weighted by atomic mass is 10.4. The fourth-order valence-electron chi connectivity index (χ4n) is 1.41. The lowest BCUT2D eigenvalue weighted by Gasteiger charge is -1.97. The van der Waals surface area contributed by atoms with E-state index in [1.54, 1.807) is 6.07 Å². The van der Waals surface area contributed by atoms with Crippen LogP contribution in [0.2, 0.25) is 0 Å². The maximum absolute atomic E-state index is 11.5. The second-order valence-corrected chi connectivity index (χ2v) is 4.49. The summed E-state index contributed by atoms with van der Waals surface area (Å²) < 4.78 is 14.9. The van der Waals surface area contributed by atoms with E-state index in [4.69, 9.17) is 13.7 Å². The summed E-state index contributed by atoms with van der Waals surface area (Å²) >= 11 is 1.50. The number of furan rings is 1. The number of nitrogens with zero attached hydrogens (tertiary/aromatic N) is 2. The minimum atomic E-state index is -0.569. The van der Waals surface area contributed by atoms with Crippen molar-refractivity contribution in [1.29, 1.82) is 0 Å². The Labute approximate surface area is 111 Å². The maximum Gasteiger partial charge on any atom is 0.374 e. The highest BCUT2D eigenvalue weighted by Gasteiger charge is 2.14. The van der Waals surface area contributed by atoms with E-state index < -0.39 is 5.97 Å². The topological polar surface area (TPSA) is 78.4 Å². The molecule has 0 radical (unpaired) electrons. The van der Waals surface area contributed by atoms with Gasteiger partial charge in [-0.2, -0.15) is 4.98 Å². The predicted octanol–water partition coefficient (Wildman–Crippen LogP) is 2.75. The van der Waals surface area contributed by atoms with Crippen LogP contribution in [0.5, 0.6) is 0 Å². The van der Waals surface area contributed by atoms with Crippen molar-refractivity contribution in [1.82, 2.24) is 10.1 Å². The highest BCUT2D eigenvalue weighted by Crippen LogP contribution is 2.21. The number of hydrogen-bond donors (Lipinski definition) is 0. The van der Waals surface area contributed by atoms with Crippen LogP contribution in [-0.2, 0) is 11.3 Å². The minimum Gasteiger partial charge on any atom is -0.457 e. The molecule has 0 saturated carbocycles. The Morgan fingerprint density at radius 3 is 3.05 bits per heavy atom. The summed E-state index contributed by atoms with van der Waals surface area (Å²) in [5, 5.41) is 5.73. The molecule has 0 aliphatic heterocycles. The molecule has 0 saturated heterocycles. The summed E-state index contributed by atoms with van der Waals surface area (Å²) in [6.45, 7) is -0.0854. The summed E-state index contributed by atoms with van der Waals surface area (Å²) in [7, 11) is 0. The van der Waals surface area contributed by atoms with Crippen molar-refractivity contribution in [2.75, 3.05) is 0 Å². The number of thiophene rings is 1. The van der Waals surface area contributed by atoms with Gasteiger partial charge in [0.25, 0.3) is 5.89 Å².